The van der Waals surface area contributed by atoms with Crippen molar-refractivity contribution >= 4 is 17.5 Å². The Morgan fingerprint density at radius 2 is 2.22 bits per heavy atom. The Morgan fingerprint density at radius 1 is 1.50 bits per heavy atom. The van der Waals surface area contributed by atoms with Gasteiger partial charge >= 0.3 is 0 Å². The van der Waals surface area contributed by atoms with E-state index in [-0.39, 0.29) is 5.91 Å². The van der Waals surface area contributed by atoms with Gasteiger partial charge in [-0.2, -0.15) is 0 Å². The molecule has 1 amide bonds. The first-order valence-corrected chi connectivity index (χ1v) is 6.92. The number of pyridine rings is 1. The van der Waals surface area contributed by atoms with Crippen LogP contribution in [0.25, 0.3) is 0 Å². The lowest BCUT2D eigenvalue weighted by Crippen LogP contribution is -2.35. The van der Waals surface area contributed by atoms with Crippen LogP contribution in [-0.2, 0) is 0 Å². The maximum absolute atomic E-state index is 12.1. The summed E-state index contributed by atoms with van der Waals surface area (Å²) in [6, 6.07) is 1.66. The molecule has 1 aromatic rings. The van der Waals surface area contributed by atoms with Crippen molar-refractivity contribution in [1.29, 1.82) is 0 Å². The zero-order valence-corrected chi connectivity index (χ0v) is 11.5. The molecular formula is C14H19ClN2O. The van der Waals surface area contributed by atoms with Crippen LogP contribution in [0.2, 0.25) is 5.02 Å². The molecule has 2 rings (SSSR count). The zero-order valence-electron chi connectivity index (χ0n) is 10.7. The summed E-state index contributed by atoms with van der Waals surface area (Å²) < 4.78 is 0. The monoisotopic (exact) mass is 266 g/mol. The molecule has 18 heavy (non-hydrogen) atoms. The molecule has 1 N–H and O–H groups in total. The topological polar surface area (TPSA) is 42.0 Å². The second-order valence-corrected chi connectivity index (χ2v) is 5.51. The Morgan fingerprint density at radius 3 is 2.83 bits per heavy atom. The predicted molar refractivity (Wildman–Crippen MR) is 72.8 cm³/mol. The highest BCUT2D eigenvalue weighted by atomic mass is 35.5. The number of halogens is 1. The third-order valence-electron chi connectivity index (χ3n) is 4.06. The van der Waals surface area contributed by atoms with Gasteiger partial charge in [0.25, 0.3) is 5.91 Å². The van der Waals surface area contributed by atoms with Gasteiger partial charge in [0.2, 0.25) is 0 Å². The van der Waals surface area contributed by atoms with E-state index in [1.54, 1.807) is 12.3 Å². The molecule has 0 unspecified atom stereocenters. The Bertz CT molecular complexity index is 428. The van der Waals surface area contributed by atoms with Crippen molar-refractivity contribution in [3.8, 4) is 0 Å². The van der Waals surface area contributed by atoms with Crippen LogP contribution in [0.1, 0.15) is 49.4 Å². The fraction of sp³-hybridized carbons (Fsp3) is 0.571. The predicted octanol–water partition coefficient (Wildman–Crippen LogP) is 3.44. The lowest BCUT2D eigenvalue weighted by molar-refractivity contribution is 0.0929. The van der Waals surface area contributed by atoms with Crippen LogP contribution in [0.5, 0.6) is 0 Å². The van der Waals surface area contributed by atoms with Crippen molar-refractivity contribution in [2.75, 3.05) is 6.54 Å². The zero-order chi connectivity index (χ0) is 13.0. The minimum absolute atomic E-state index is 0.0953. The van der Waals surface area contributed by atoms with E-state index in [0.717, 1.165) is 13.0 Å². The average molecular weight is 267 g/mol. The second-order valence-electron chi connectivity index (χ2n) is 5.10. The first-order chi connectivity index (χ1) is 8.67. The van der Waals surface area contributed by atoms with E-state index >= 15 is 0 Å². The third-order valence-corrected chi connectivity index (χ3v) is 4.36. The molecule has 1 fully saturated rings. The normalized spacial score (nSPS) is 17.7. The first kappa shape index (κ1) is 13.3. The second kappa shape index (κ2) is 5.70. The molecule has 4 heteroatoms. The van der Waals surface area contributed by atoms with Crippen molar-refractivity contribution in [1.82, 2.24) is 10.3 Å². The molecular weight excluding hydrogens is 248 g/mol. The largest absolute Gasteiger partial charge is 0.351 e. The summed E-state index contributed by atoms with van der Waals surface area (Å²) in [5, 5.41) is 3.43. The molecule has 1 aromatic heterocycles. The lowest BCUT2D eigenvalue weighted by atomic mass is 9.83. The number of carbonyl (C=O) groups excluding carboxylic acids is 1. The molecule has 1 saturated carbocycles. The van der Waals surface area contributed by atoms with Gasteiger partial charge in [-0.15, -0.1) is 0 Å². The summed E-state index contributed by atoms with van der Waals surface area (Å²) in [6.07, 6.45) is 9.20. The summed E-state index contributed by atoms with van der Waals surface area (Å²) in [7, 11) is 0. The number of nitrogens with zero attached hydrogens (tertiary/aromatic N) is 1. The van der Waals surface area contributed by atoms with Gasteiger partial charge in [-0.3, -0.25) is 9.78 Å². The van der Waals surface area contributed by atoms with Gasteiger partial charge < -0.3 is 5.32 Å². The van der Waals surface area contributed by atoms with Gasteiger partial charge in [0, 0.05) is 18.9 Å². The van der Waals surface area contributed by atoms with E-state index in [9.17, 15) is 4.79 Å². The smallest absolute Gasteiger partial charge is 0.252 e. The average Bonchev–Trinajstić information content (AvgIpc) is 2.86. The summed E-state index contributed by atoms with van der Waals surface area (Å²) in [4.78, 5) is 15.9. The number of carbonyl (C=O) groups is 1. The van der Waals surface area contributed by atoms with Gasteiger partial charge in [-0.05, 0) is 30.7 Å². The molecule has 1 heterocycles. The quantitative estimate of drug-likeness (QED) is 0.907. The highest BCUT2D eigenvalue weighted by molar-refractivity contribution is 6.33. The molecule has 0 aliphatic heterocycles. The van der Waals surface area contributed by atoms with Crippen molar-refractivity contribution in [3.05, 3.63) is 29.0 Å². The lowest BCUT2D eigenvalue weighted by Gasteiger charge is -2.27. The Kier molecular flexibility index (Phi) is 4.23. The van der Waals surface area contributed by atoms with E-state index in [1.807, 2.05) is 0 Å². The molecule has 0 spiro atoms. The van der Waals surface area contributed by atoms with Gasteiger partial charge in [-0.1, -0.05) is 31.4 Å². The number of amides is 1. The molecule has 98 valence electrons. The molecule has 0 bridgehead atoms. The molecule has 1 aliphatic rings. The number of nitrogens with one attached hydrogen (secondary N) is 1. The minimum Gasteiger partial charge on any atom is -0.351 e. The number of hydrogen-bond donors (Lipinski definition) is 1. The van der Waals surface area contributed by atoms with Crippen molar-refractivity contribution < 1.29 is 4.79 Å². The maximum Gasteiger partial charge on any atom is 0.252 e. The fourth-order valence-electron chi connectivity index (χ4n) is 2.70. The van der Waals surface area contributed by atoms with E-state index < -0.39 is 0 Å². The maximum atomic E-state index is 12.1. The standard InChI is InChI=1S/C14H19ClN2O/c1-2-14(6-3-4-7-14)10-17-13(18)11-5-8-16-9-12(11)15/h5,8-9H,2-4,6-7,10H2,1H3,(H,17,18). The Hall–Kier alpha value is -1.09. The summed E-state index contributed by atoms with van der Waals surface area (Å²) in [6.45, 7) is 2.96. The minimum atomic E-state index is -0.0953. The van der Waals surface area contributed by atoms with Gasteiger partial charge in [-0.25, -0.2) is 0 Å². The molecule has 0 aromatic carbocycles. The van der Waals surface area contributed by atoms with Crippen LogP contribution in [0.4, 0.5) is 0 Å². The Labute approximate surface area is 113 Å². The van der Waals surface area contributed by atoms with Crippen LogP contribution in [0.15, 0.2) is 18.5 Å². The molecule has 0 radical (unpaired) electrons. The first-order valence-electron chi connectivity index (χ1n) is 6.55. The number of aromatic nitrogens is 1. The number of hydrogen-bond acceptors (Lipinski definition) is 2. The van der Waals surface area contributed by atoms with Gasteiger partial charge in [0.05, 0.1) is 10.6 Å². The Balaban J connectivity index is 1.98. The molecule has 3 nitrogen and oxygen atoms in total. The highest BCUT2D eigenvalue weighted by Gasteiger charge is 2.32. The fourth-order valence-corrected chi connectivity index (χ4v) is 2.91. The van der Waals surface area contributed by atoms with Crippen LogP contribution in [-0.4, -0.2) is 17.4 Å². The van der Waals surface area contributed by atoms with Gasteiger partial charge in [0.15, 0.2) is 0 Å². The van der Waals surface area contributed by atoms with Gasteiger partial charge in [0.1, 0.15) is 0 Å². The van der Waals surface area contributed by atoms with Crippen molar-refractivity contribution in [2.24, 2.45) is 5.41 Å². The molecule has 0 atom stereocenters. The third kappa shape index (κ3) is 2.83. The van der Waals surface area contributed by atoms with Crippen molar-refractivity contribution in [3.63, 3.8) is 0 Å². The van der Waals surface area contributed by atoms with E-state index in [1.165, 1.54) is 31.9 Å². The van der Waals surface area contributed by atoms with E-state index in [4.69, 9.17) is 11.6 Å². The SMILES string of the molecule is CCC1(CNC(=O)c2ccncc2Cl)CCCC1. The summed E-state index contributed by atoms with van der Waals surface area (Å²) >= 11 is 5.96. The van der Waals surface area contributed by atoms with Crippen LogP contribution in [0, 0.1) is 5.41 Å². The van der Waals surface area contributed by atoms with Crippen LogP contribution >= 0.6 is 11.6 Å². The summed E-state index contributed by atoms with van der Waals surface area (Å²) in [5.41, 5.74) is 0.811. The van der Waals surface area contributed by atoms with E-state index in [0.29, 0.717) is 16.0 Å². The van der Waals surface area contributed by atoms with Crippen molar-refractivity contribution in [2.45, 2.75) is 39.0 Å². The van der Waals surface area contributed by atoms with Crippen LogP contribution in [0.3, 0.4) is 0 Å². The van der Waals surface area contributed by atoms with Crippen LogP contribution < -0.4 is 5.32 Å². The summed E-state index contributed by atoms with van der Waals surface area (Å²) in [5.74, 6) is -0.0953. The highest BCUT2D eigenvalue weighted by Crippen LogP contribution is 2.40. The number of rotatable bonds is 4. The molecule has 1 aliphatic carbocycles. The molecule has 0 saturated heterocycles. The van der Waals surface area contributed by atoms with E-state index in [2.05, 4.69) is 17.2 Å².